The first-order chi connectivity index (χ1) is 9.49. The van der Waals surface area contributed by atoms with Gasteiger partial charge in [-0.25, -0.2) is 9.18 Å². The monoisotopic (exact) mass is 274 g/mol. The first kappa shape index (κ1) is 13.5. The Morgan fingerprint density at radius 1 is 1.10 bits per heavy atom. The molecule has 0 heterocycles. The number of carbonyl (C=O) groups excluding carboxylic acids is 1. The van der Waals surface area contributed by atoms with Gasteiger partial charge >= 0.3 is 5.97 Å². The number of nitrogens with one attached hydrogen (secondary N) is 1. The predicted octanol–water partition coefficient (Wildman–Crippen LogP) is 2.36. The number of benzene rings is 2. The van der Waals surface area contributed by atoms with E-state index in [1.807, 2.05) is 0 Å². The lowest BCUT2D eigenvalue weighted by Crippen LogP contribution is -2.14. The summed E-state index contributed by atoms with van der Waals surface area (Å²) in [5.41, 5.74) is 5.78. The van der Waals surface area contributed by atoms with E-state index in [0.717, 1.165) is 6.07 Å². The van der Waals surface area contributed by atoms with Crippen molar-refractivity contribution in [3.05, 3.63) is 59.4 Å². The van der Waals surface area contributed by atoms with Gasteiger partial charge in [-0.15, -0.1) is 0 Å². The van der Waals surface area contributed by atoms with E-state index in [4.69, 9.17) is 10.8 Å². The van der Waals surface area contributed by atoms with Crippen molar-refractivity contribution in [2.45, 2.75) is 0 Å². The van der Waals surface area contributed by atoms with Crippen LogP contribution >= 0.6 is 0 Å². The molecule has 0 aliphatic carbocycles. The zero-order chi connectivity index (χ0) is 14.7. The van der Waals surface area contributed by atoms with Crippen molar-refractivity contribution < 1.29 is 19.1 Å². The second kappa shape index (κ2) is 5.40. The Kier molecular flexibility index (Phi) is 3.65. The molecular formula is C14H11FN2O3. The minimum atomic E-state index is -1.06. The quantitative estimate of drug-likeness (QED) is 0.749. The number of para-hydroxylation sites is 1. The maximum atomic E-state index is 13.2. The number of carboxylic acids is 1. The molecule has 0 aliphatic heterocycles. The van der Waals surface area contributed by atoms with E-state index < -0.39 is 17.7 Å². The topological polar surface area (TPSA) is 92.4 Å². The normalized spacial score (nSPS) is 10.1. The molecule has 5 nitrogen and oxygen atoms in total. The largest absolute Gasteiger partial charge is 0.478 e. The van der Waals surface area contributed by atoms with Gasteiger partial charge in [0.1, 0.15) is 5.82 Å². The molecule has 102 valence electrons. The molecule has 0 atom stereocenters. The van der Waals surface area contributed by atoms with E-state index in [-0.39, 0.29) is 16.8 Å². The van der Waals surface area contributed by atoms with Crippen molar-refractivity contribution in [2.24, 2.45) is 0 Å². The highest BCUT2D eigenvalue weighted by atomic mass is 19.1. The van der Waals surface area contributed by atoms with Crippen LogP contribution in [0.2, 0.25) is 0 Å². The number of hydrogen-bond acceptors (Lipinski definition) is 3. The molecule has 2 aromatic carbocycles. The molecule has 4 N–H and O–H groups in total. The SMILES string of the molecule is Nc1c(F)cccc1C(=O)Nc1ccc(C(=O)O)cc1. The number of carboxylic acid groups (broad SMARTS) is 1. The molecule has 0 saturated heterocycles. The summed E-state index contributed by atoms with van der Waals surface area (Å²) in [5.74, 6) is -2.29. The first-order valence-corrected chi connectivity index (χ1v) is 5.67. The fourth-order valence-corrected chi connectivity index (χ4v) is 1.63. The average Bonchev–Trinajstić information content (AvgIpc) is 2.42. The summed E-state index contributed by atoms with van der Waals surface area (Å²) in [6, 6.07) is 9.54. The van der Waals surface area contributed by atoms with Crippen LogP contribution in [-0.4, -0.2) is 17.0 Å². The molecule has 6 heteroatoms. The zero-order valence-electron chi connectivity index (χ0n) is 10.3. The van der Waals surface area contributed by atoms with E-state index in [2.05, 4.69) is 5.32 Å². The molecule has 1 amide bonds. The summed E-state index contributed by atoms with van der Waals surface area (Å²) in [7, 11) is 0. The lowest BCUT2D eigenvalue weighted by molar-refractivity contribution is 0.0696. The summed E-state index contributed by atoms with van der Waals surface area (Å²) < 4.78 is 13.2. The van der Waals surface area contributed by atoms with Gasteiger partial charge in [0.15, 0.2) is 0 Å². The van der Waals surface area contributed by atoms with Crippen LogP contribution in [0.3, 0.4) is 0 Å². The Bertz CT molecular complexity index is 669. The molecule has 0 spiro atoms. The molecule has 0 bridgehead atoms. The lowest BCUT2D eigenvalue weighted by atomic mass is 10.1. The van der Waals surface area contributed by atoms with Crippen LogP contribution in [-0.2, 0) is 0 Å². The molecule has 0 saturated carbocycles. The number of carbonyl (C=O) groups is 2. The predicted molar refractivity (Wildman–Crippen MR) is 72.2 cm³/mol. The molecule has 2 rings (SSSR count). The van der Waals surface area contributed by atoms with E-state index in [1.54, 1.807) is 0 Å². The molecule has 0 aromatic heterocycles. The Balaban J connectivity index is 2.19. The van der Waals surface area contributed by atoms with Gasteiger partial charge in [-0.2, -0.15) is 0 Å². The Labute approximate surface area is 113 Å². The van der Waals surface area contributed by atoms with Crippen LogP contribution in [0.25, 0.3) is 0 Å². The van der Waals surface area contributed by atoms with E-state index in [0.29, 0.717) is 5.69 Å². The Morgan fingerprint density at radius 2 is 1.75 bits per heavy atom. The number of nitrogen functional groups attached to an aromatic ring is 1. The number of rotatable bonds is 3. The van der Waals surface area contributed by atoms with Gasteiger partial charge in [0.25, 0.3) is 5.91 Å². The number of nitrogens with two attached hydrogens (primary N) is 1. The van der Waals surface area contributed by atoms with Crippen LogP contribution in [0.5, 0.6) is 0 Å². The van der Waals surface area contributed by atoms with Crippen molar-refractivity contribution in [1.29, 1.82) is 0 Å². The summed E-state index contributed by atoms with van der Waals surface area (Å²) in [4.78, 5) is 22.6. The minimum Gasteiger partial charge on any atom is -0.478 e. The van der Waals surface area contributed by atoms with Gasteiger partial charge < -0.3 is 16.2 Å². The van der Waals surface area contributed by atoms with Crippen LogP contribution in [0.15, 0.2) is 42.5 Å². The van der Waals surface area contributed by atoms with Crippen molar-refractivity contribution in [3.63, 3.8) is 0 Å². The van der Waals surface area contributed by atoms with Crippen LogP contribution in [0, 0.1) is 5.82 Å². The van der Waals surface area contributed by atoms with E-state index in [1.165, 1.54) is 36.4 Å². The van der Waals surface area contributed by atoms with Gasteiger partial charge in [-0.3, -0.25) is 4.79 Å². The lowest BCUT2D eigenvalue weighted by Gasteiger charge is -2.08. The van der Waals surface area contributed by atoms with Gasteiger partial charge in [0.2, 0.25) is 0 Å². The minimum absolute atomic E-state index is 0.0207. The fourth-order valence-electron chi connectivity index (χ4n) is 1.63. The molecule has 0 aliphatic rings. The van der Waals surface area contributed by atoms with Gasteiger partial charge in [-0.05, 0) is 36.4 Å². The van der Waals surface area contributed by atoms with Gasteiger partial charge in [-0.1, -0.05) is 6.07 Å². The number of hydrogen-bond donors (Lipinski definition) is 3. The Hall–Kier alpha value is -2.89. The standard InChI is InChI=1S/C14H11FN2O3/c15-11-3-1-2-10(12(11)16)13(18)17-9-6-4-8(5-7-9)14(19)20/h1-7H,16H2,(H,17,18)(H,19,20). The fraction of sp³-hybridized carbons (Fsp3) is 0. The number of halogens is 1. The summed E-state index contributed by atoms with van der Waals surface area (Å²) in [6.07, 6.45) is 0. The zero-order valence-corrected chi connectivity index (χ0v) is 10.3. The van der Waals surface area contributed by atoms with Crippen LogP contribution in [0.4, 0.5) is 15.8 Å². The molecule has 0 radical (unpaired) electrons. The highest BCUT2D eigenvalue weighted by molar-refractivity contribution is 6.07. The Morgan fingerprint density at radius 3 is 2.35 bits per heavy atom. The maximum absolute atomic E-state index is 13.2. The summed E-state index contributed by atoms with van der Waals surface area (Å²) >= 11 is 0. The molecular weight excluding hydrogens is 263 g/mol. The second-order valence-electron chi connectivity index (χ2n) is 4.04. The van der Waals surface area contributed by atoms with Crippen molar-refractivity contribution in [1.82, 2.24) is 0 Å². The smallest absolute Gasteiger partial charge is 0.335 e. The number of amides is 1. The highest BCUT2D eigenvalue weighted by Gasteiger charge is 2.13. The van der Waals surface area contributed by atoms with Crippen LogP contribution in [0.1, 0.15) is 20.7 Å². The highest BCUT2D eigenvalue weighted by Crippen LogP contribution is 2.18. The first-order valence-electron chi connectivity index (χ1n) is 5.67. The van der Waals surface area contributed by atoms with Crippen molar-refractivity contribution in [2.75, 3.05) is 11.1 Å². The van der Waals surface area contributed by atoms with E-state index in [9.17, 15) is 14.0 Å². The van der Waals surface area contributed by atoms with Gasteiger partial charge in [0.05, 0.1) is 16.8 Å². The molecule has 2 aromatic rings. The maximum Gasteiger partial charge on any atom is 0.335 e. The second-order valence-corrected chi connectivity index (χ2v) is 4.04. The third kappa shape index (κ3) is 2.74. The molecule has 0 fully saturated rings. The third-order valence-electron chi connectivity index (χ3n) is 2.69. The molecule has 0 unspecified atom stereocenters. The van der Waals surface area contributed by atoms with E-state index >= 15 is 0 Å². The average molecular weight is 274 g/mol. The summed E-state index contributed by atoms with van der Waals surface area (Å²) in [6.45, 7) is 0. The third-order valence-corrected chi connectivity index (χ3v) is 2.69. The van der Waals surface area contributed by atoms with Crippen molar-refractivity contribution in [3.8, 4) is 0 Å². The molecule has 20 heavy (non-hydrogen) atoms. The number of aromatic carboxylic acids is 1. The summed E-state index contributed by atoms with van der Waals surface area (Å²) in [5, 5.41) is 11.3. The number of anilines is 2. The van der Waals surface area contributed by atoms with Crippen LogP contribution < -0.4 is 11.1 Å². The van der Waals surface area contributed by atoms with Gasteiger partial charge in [0, 0.05) is 5.69 Å². The van der Waals surface area contributed by atoms with Crippen molar-refractivity contribution >= 4 is 23.3 Å².